The van der Waals surface area contributed by atoms with Crippen molar-refractivity contribution in [3.63, 3.8) is 0 Å². The van der Waals surface area contributed by atoms with Crippen LogP contribution in [0.1, 0.15) is 11.1 Å². The van der Waals surface area contributed by atoms with Crippen molar-refractivity contribution in [2.75, 3.05) is 0 Å². The van der Waals surface area contributed by atoms with E-state index in [0.717, 1.165) is 0 Å². The molecule has 2 nitrogen and oxygen atoms in total. The number of hydrogen-bond donors (Lipinski definition) is 1. The number of rotatable bonds is 3. The minimum absolute atomic E-state index is 0.580. The van der Waals surface area contributed by atoms with Gasteiger partial charge < -0.3 is 5.73 Å². The van der Waals surface area contributed by atoms with Gasteiger partial charge >= 0.3 is 0 Å². The van der Waals surface area contributed by atoms with E-state index in [-0.39, 0.29) is 0 Å². The molecule has 3 heteroatoms. The molecule has 0 radical (unpaired) electrons. The van der Waals surface area contributed by atoms with Gasteiger partial charge in [0.15, 0.2) is 0 Å². The van der Waals surface area contributed by atoms with Gasteiger partial charge in [0.1, 0.15) is 0 Å². The molecule has 0 fully saturated rings. The Hall–Kier alpha value is -1.71. The molecule has 0 saturated carbocycles. The Kier molecular flexibility index (Phi) is 3.32. The summed E-state index contributed by atoms with van der Waals surface area (Å²) in [5, 5.41) is 1.24. The summed E-state index contributed by atoms with van der Waals surface area (Å²) in [6.07, 6.45) is 2.11. The van der Waals surface area contributed by atoms with Crippen molar-refractivity contribution in [2.24, 2.45) is 5.73 Å². The predicted octanol–water partition coefficient (Wildman–Crippen LogP) is 3.96. The van der Waals surface area contributed by atoms with Gasteiger partial charge in [-0.3, -0.25) is 3.97 Å². The standard InChI is InChI=1S/C16H16N2S/c1-12-5-7-14(8-6-12)19-18-10-9-15-13(11-17)3-2-4-16(15)18/h2-10H,11,17H2,1H3. The van der Waals surface area contributed by atoms with Crippen LogP contribution in [-0.4, -0.2) is 3.97 Å². The van der Waals surface area contributed by atoms with E-state index in [1.807, 2.05) is 0 Å². The smallest absolute Gasteiger partial charge is 0.0597 e. The lowest BCUT2D eigenvalue weighted by molar-refractivity contribution is 1.09. The molecule has 0 saturated heterocycles. The number of fused-ring (bicyclic) bond motifs is 1. The SMILES string of the molecule is Cc1ccc(Sn2ccc3c(CN)cccc32)cc1. The molecule has 0 bridgehead atoms. The highest BCUT2D eigenvalue weighted by atomic mass is 32.2. The Morgan fingerprint density at radius 3 is 2.58 bits per heavy atom. The second-order valence-corrected chi connectivity index (χ2v) is 5.65. The van der Waals surface area contributed by atoms with Gasteiger partial charge in [0.05, 0.1) is 5.52 Å². The summed E-state index contributed by atoms with van der Waals surface area (Å²) in [5.41, 5.74) is 9.47. The van der Waals surface area contributed by atoms with E-state index in [9.17, 15) is 0 Å². The van der Waals surface area contributed by atoms with Crippen molar-refractivity contribution < 1.29 is 0 Å². The monoisotopic (exact) mass is 268 g/mol. The Bertz CT molecular complexity index is 698. The molecule has 0 atom stereocenters. The summed E-state index contributed by atoms with van der Waals surface area (Å²) in [6, 6.07) is 17.0. The van der Waals surface area contributed by atoms with E-state index >= 15 is 0 Å². The van der Waals surface area contributed by atoms with E-state index in [0.29, 0.717) is 6.54 Å². The fourth-order valence-corrected chi connectivity index (χ4v) is 3.04. The summed E-state index contributed by atoms with van der Waals surface area (Å²) in [6.45, 7) is 2.68. The zero-order valence-electron chi connectivity index (χ0n) is 10.8. The van der Waals surface area contributed by atoms with Gasteiger partial charge in [0, 0.05) is 23.0 Å². The van der Waals surface area contributed by atoms with Gasteiger partial charge in [0.25, 0.3) is 0 Å². The molecule has 0 aliphatic carbocycles. The average Bonchev–Trinajstić information content (AvgIpc) is 2.84. The summed E-state index contributed by atoms with van der Waals surface area (Å²) in [5.74, 6) is 0. The maximum Gasteiger partial charge on any atom is 0.0597 e. The molecule has 3 aromatic rings. The summed E-state index contributed by atoms with van der Waals surface area (Å²) >= 11 is 1.73. The molecule has 1 aromatic heterocycles. The van der Waals surface area contributed by atoms with Crippen LogP contribution >= 0.6 is 11.9 Å². The Morgan fingerprint density at radius 1 is 1.05 bits per heavy atom. The highest BCUT2D eigenvalue weighted by Gasteiger charge is 2.05. The van der Waals surface area contributed by atoms with Crippen LogP contribution in [-0.2, 0) is 6.54 Å². The topological polar surface area (TPSA) is 30.9 Å². The van der Waals surface area contributed by atoms with Crippen molar-refractivity contribution in [2.45, 2.75) is 18.4 Å². The number of aryl methyl sites for hydroxylation is 1. The second-order valence-electron chi connectivity index (χ2n) is 4.60. The van der Waals surface area contributed by atoms with Crippen LogP contribution in [0.3, 0.4) is 0 Å². The molecule has 0 amide bonds. The minimum Gasteiger partial charge on any atom is -0.326 e. The highest BCUT2D eigenvalue weighted by molar-refractivity contribution is 7.98. The maximum atomic E-state index is 5.78. The van der Waals surface area contributed by atoms with Crippen LogP contribution in [0.2, 0.25) is 0 Å². The third kappa shape index (κ3) is 2.39. The van der Waals surface area contributed by atoms with Gasteiger partial charge in [0.2, 0.25) is 0 Å². The van der Waals surface area contributed by atoms with Gasteiger partial charge in [-0.15, -0.1) is 0 Å². The second kappa shape index (κ2) is 5.11. The van der Waals surface area contributed by atoms with E-state index in [1.54, 1.807) is 11.9 Å². The summed E-state index contributed by atoms with van der Waals surface area (Å²) < 4.78 is 2.19. The van der Waals surface area contributed by atoms with Gasteiger partial charge in [-0.05, 0) is 48.7 Å². The van der Waals surface area contributed by atoms with Gasteiger partial charge in [-0.25, -0.2) is 0 Å². The Morgan fingerprint density at radius 2 is 1.84 bits per heavy atom. The summed E-state index contributed by atoms with van der Waals surface area (Å²) in [4.78, 5) is 1.24. The molecule has 96 valence electrons. The lowest BCUT2D eigenvalue weighted by Gasteiger charge is -2.06. The van der Waals surface area contributed by atoms with E-state index < -0.39 is 0 Å². The Labute approximate surface area is 117 Å². The van der Waals surface area contributed by atoms with Crippen molar-refractivity contribution in [1.82, 2.24) is 3.97 Å². The van der Waals surface area contributed by atoms with E-state index in [1.165, 1.54) is 26.9 Å². The maximum absolute atomic E-state index is 5.78. The van der Waals surface area contributed by atoms with Crippen molar-refractivity contribution in [1.29, 1.82) is 0 Å². The van der Waals surface area contributed by atoms with Gasteiger partial charge in [-0.2, -0.15) is 0 Å². The first kappa shape index (κ1) is 12.3. The molecule has 19 heavy (non-hydrogen) atoms. The normalized spacial score (nSPS) is 11.1. The number of nitrogens with two attached hydrogens (primary N) is 1. The molecule has 0 spiro atoms. The van der Waals surface area contributed by atoms with Crippen LogP contribution in [0.5, 0.6) is 0 Å². The average molecular weight is 268 g/mol. The first-order valence-corrected chi connectivity index (χ1v) is 7.09. The van der Waals surface area contributed by atoms with E-state index in [4.69, 9.17) is 5.73 Å². The fraction of sp³-hybridized carbons (Fsp3) is 0.125. The zero-order valence-corrected chi connectivity index (χ0v) is 11.7. The van der Waals surface area contributed by atoms with Crippen LogP contribution in [0, 0.1) is 6.92 Å². The molecule has 3 rings (SSSR count). The third-order valence-corrected chi connectivity index (χ3v) is 4.23. The molecule has 0 aliphatic heterocycles. The fourth-order valence-electron chi connectivity index (χ4n) is 2.18. The van der Waals surface area contributed by atoms with E-state index in [2.05, 4.69) is 65.6 Å². The van der Waals surface area contributed by atoms with Crippen LogP contribution < -0.4 is 5.73 Å². The number of aromatic nitrogens is 1. The Balaban J connectivity index is 1.99. The molecule has 2 aromatic carbocycles. The highest BCUT2D eigenvalue weighted by Crippen LogP contribution is 2.28. The van der Waals surface area contributed by atoms with Crippen LogP contribution in [0.25, 0.3) is 10.9 Å². The van der Waals surface area contributed by atoms with Crippen molar-refractivity contribution >= 4 is 22.9 Å². The predicted molar refractivity (Wildman–Crippen MR) is 82.3 cm³/mol. The number of hydrogen-bond acceptors (Lipinski definition) is 2. The number of nitrogens with zero attached hydrogens (tertiary/aromatic N) is 1. The largest absolute Gasteiger partial charge is 0.326 e. The van der Waals surface area contributed by atoms with Crippen LogP contribution in [0.15, 0.2) is 59.6 Å². The molecular weight excluding hydrogens is 252 g/mol. The summed E-state index contributed by atoms with van der Waals surface area (Å²) in [7, 11) is 0. The molecule has 0 aliphatic rings. The lowest BCUT2D eigenvalue weighted by Crippen LogP contribution is -1.96. The molecule has 1 heterocycles. The van der Waals surface area contributed by atoms with Crippen LogP contribution in [0.4, 0.5) is 0 Å². The molecule has 0 unspecified atom stereocenters. The third-order valence-electron chi connectivity index (χ3n) is 3.23. The quantitative estimate of drug-likeness (QED) is 0.779. The zero-order chi connectivity index (χ0) is 13.2. The lowest BCUT2D eigenvalue weighted by atomic mass is 10.1. The minimum atomic E-state index is 0.580. The molecule has 2 N–H and O–H groups in total. The number of benzene rings is 2. The first-order valence-electron chi connectivity index (χ1n) is 6.32. The van der Waals surface area contributed by atoms with Crippen molar-refractivity contribution in [3.05, 3.63) is 65.9 Å². The van der Waals surface area contributed by atoms with Crippen molar-refractivity contribution in [3.8, 4) is 0 Å². The van der Waals surface area contributed by atoms with Gasteiger partial charge in [-0.1, -0.05) is 29.8 Å². The molecular formula is C16H16N2S. The first-order chi connectivity index (χ1) is 9.28.